The molecule has 120 valence electrons. The minimum absolute atomic E-state index is 0.624. The predicted octanol–water partition coefficient (Wildman–Crippen LogP) is 5.71. The van der Waals surface area contributed by atoms with Crippen molar-refractivity contribution in [2.75, 3.05) is 4.90 Å². The van der Waals surface area contributed by atoms with Gasteiger partial charge in [0.1, 0.15) is 0 Å². The van der Waals surface area contributed by atoms with Crippen LogP contribution in [0.4, 0.5) is 5.69 Å². The van der Waals surface area contributed by atoms with Crippen molar-refractivity contribution in [3.05, 3.63) is 115 Å². The molecule has 0 amide bonds. The van der Waals surface area contributed by atoms with Crippen molar-refractivity contribution in [3.63, 3.8) is 0 Å². The van der Waals surface area contributed by atoms with Crippen LogP contribution in [0.1, 0.15) is 16.7 Å². The van der Waals surface area contributed by atoms with Crippen LogP contribution < -0.4 is 4.90 Å². The molecule has 0 aromatic heterocycles. The molecule has 3 rings (SSSR count). The Balaban J connectivity index is 2.06. The topological polar surface area (TPSA) is 27.0 Å². The van der Waals surface area contributed by atoms with Crippen LogP contribution >= 0.6 is 0 Å². The molecule has 0 radical (unpaired) electrons. The molecule has 0 aliphatic rings. The average Bonchev–Trinajstić information content (AvgIpc) is 2.70. The number of hydrogen-bond acceptors (Lipinski definition) is 2. The summed E-state index contributed by atoms with van der Waals surface area (Å²) in [5.41, 5.74) is 5.24. The van der Waals surface area contributed by atoms with Gasteiger partial charge in [-0.3, -0.25) is 0 Å². The molecule has 0 unspecified atom stereocenters. The number of benzene rings is 3. The fourth-order valence-electron chi connectivity index (χ4n) is 2.68. The Labute approximate surface area is 148 Å². The van der Waals surface area contributed by atoms with E-state index < -0.39 is 0 Å². The molecule has 3 aromatic rings. The molecule has 0 bridgehead atoms. The van der Waals surface area contributed by atoms with E-state index in [1.54, 1.807) is 12.1 Å². The van der Waals surface area contributed by atoms with Crippen LogP contribution in [-0.2, 0) is 0 Å². The molecule has 0 atom stereocenters. The van der Waals surface area contributed by atoms with Gasteiger partial charge >= 0.3 is 0 Å². The summed E-state index contributed by atoms with van der Waals surface area (Å²) < 4.78 is 0. The zero-order valence-corrected chi connectivity index (χ0v) is 13.9. The lowest BCUT2D eigenvalue weighted by atomic mass is 10.1. The molecule has 0 aliphatic carbocycles. The summed E-state index contributed by atoms with van der Waals surface area (Å²) in [4.78, 5) is 2.02. The number of anilines is 1. The summed E-state index contributed by atoms with van der Waals surface area (Å²) in [6, 6.07) is 29.6. The van der Waals surface area contributed by atoms with Gasteiger partial charge in [-0.25, -0.2) is 0 Å². The van der Waals surface area contributed by atoms with Crippen molar-refractivity contribution in [2.45, 2.75) is 0 Å². The summed E-state index contributed by atoms with van der Waals surface area (Å²) in [5, 5.41) is 9.04. The fraction of sp³-hybridized carbons (Fsp3) is 0. The highest BCUT2D eigenvalue weighted by molar-refractivity contribution is 5.93. The van der Waals surface area contributed by atoms with Gasteiger partial charge < -0.3 is 4.90 Å². The second-order valence-corrected chi connectivity index (χ2v) is 5.62. The molecule has 3 aromatic carbocycles. The van der Waals surface area contributed by atoms with Crippen molar-refractivity contribution >= 4 is 17.1 Å². The van der Waals surface area contributed by atoms with Crippen molar-refractivity contribution in [1.82, 2.24) is 0 Å². The monoisotopic (exact) mass is 322 g/mol. The van der Waals surface area contributed by atoms with Gasteiger partial charge in [0, 0.05) is 17.1 Å². The molecule has 2 nitrogen and oxygen atoms in total. The highest BCUT2D eigenvalue weighted by Crippen LogP contribution is 2.33. The highest BCUT2D eigenvalue weighted by atomic mass is 15.2. The number of rotatable bonds is 5. The molecule has 25 heavy (non-hydrogen) atoms. The Bertz CT molecular complexity index is 866. The van der Waals surface area contributed by atoms with Crippen molar-refractivity contribution in [1.29, 1.82) is 5.26 Å². The molecule has 0 aliphatic heterocycles. The summed E-state index contributed by atoms with van der Waals surface area (Å²) in [7, 11) is 0. The Hall–Kier alpha value is -3.57. The maximum atomic E-state index is 9.04. The van der Waals surface area contributed by atoms with Gasteiger partial charge in [-0.05, 0) is 35.4 Å². The first kappa shape index (κ1) is 16.3. The predicted molar refractivity (Wildman–Crippen MR) is 105 cm³/mol. The van der Waals surface area contributed by atoms with E-state index in [-0.39, 0.29) is 0 Å². The van der Waals surface area contributed by atoms with E-state index in [1.165, 1.54) is 0 Å². The van der Waals surface area contributed by atoms with Gasteiger partial charge in [-0.2, -0.15) is 5.26 Å². The summed E-state index contributed by atoms with van der Waals surface area (Å²) in [6.07, 6.45) is 0. The van der Waals surface area contributed by atoms with Crippen molar-refractivity contribution in [3.8, 4) is 6.07 Å². The van der Waals surface area contributed by atoms with Crippen LogP contribution in [0, 0.1) is 11.3 Å². The zero-order valence-electron chi connectivity index (χ0n) is 13.9. The van der Waals surface area contributed by atoms with Crippen molar-refractivity contribution in [2.24, 2.45) is 0 Å². The lowest BCUT2D eigenvalue weighted by Gasteiger charge is -2.29. The van der Waals surface area contributed by atoms with Crippen LogP contribution in [0.3, 0.4) is 0 Å². The van der Waals surface area contributed by atoms with Gasteiger partial charge in [0.2, 0.25) is 0 Å². The molecule has 0 N–H and O–H groups in total. The van der Waals surface area contributed by atoms with Gasteiger partial charge in [-0.15, -0.1) is 0 Å². The van der Waals surface area contributed by atoms with Gasteiger partial charge in [0.25, 0.3) is 0 Å². The smallest absolute Gasteiger partial charge is 0.0991 e. The van der Waals surface area contributed by atoms with Crippen LogP contribution in [0.2, 0.25) is 0 Å². The number of nitriles is 1. The van der Waals surface area contributed by atoms with E-state index in [0.717, 1.165) is 28.2 Å². The minimum atomic E-state index is 0.624. The molecular formula is C23H18N2. The quantitative estimate of drug-likeness (QED) is 0.602. The van der Waals surface area contributed by atoms with E-state index >= 15 is 0 Å². The zero-order chi connectivity index (χ0) is 17.6. The van der Waals surface area contributed by atoms with Gasteiger partial charge in [0.15, 0.2) is 0 Å². The van der Waals surface area contributed by atoms with E-state index in [0.29, 0.717) is 5.56 Å². The molecule has 0 saturated carbocycles. The highest BCUT2D eigenvalue weighted by Gasteiger charge is 2.17. The second kappa shape index (κ2) is 7.33. The summed E-state index contributed by atoms with van der Waals surface area (Å²) >= 11 is 0. The first-order valence-corrected chi connectivity index (χ1v) is 7.99. The van der Waals surface area contributed by atoms with Gasteiger partial charge in [0.05, 0.1) is 11.6 Å². The minimum Gasteiger partial charge on any atom is -0.310 e. The molecular weight excluding hydrogens is 304 g/mol. The maximum absolute atomic E-state index is 9.04. The third-order valence-electron chi connectivity index (χ3n) is 4.01. The first-order valence-electron chi connectivity index (χ1n) is 7.99. The Kier molecular flexibility index (Phi) is 4.78. The number of nitrogens with zero attached hydrogens (tertiary/aromatic N) is 2. The van der Waals surface area contributed by atoms with Crippen LogP contribution in [0.5, 0.6) is 0 Å². The largest absolute Gasteiger partial charge is 0.310 e. The fourth-order valence-corrected chi connectivity index (χ4v) is 2.68. The van der Waals surface area contributed by atoms with Crippen molar-refractivity contribution < 1.29 is 0 Å². The van der Waals surface area contributed by atoms with Gasteiger partial charge in [-0.1, -0.05) is 73.8 Å². The molecule has 0 spiro atoms. The summed E-state index contributed by atoms with van der Waals surface area (Å²) in [6.45, 7) is 8.58. The number of hydrogen-bond donors (Lipinski definition) is 0. The molecule has 0 saturated heterocycles. The van der Waals surface area contributed by atoms with E-state index in [4.69, 9.17) is 5.26 Å². The van der Waals surface area contributed by atoms with Crippen LogP contribution in [0.15, 0.2) is 98.1 Å². The Morgan fingerprint density at radius 3 is 1.52 bits per heavy atom. The van der Waals surface area contributed by atoms with E-state index in [1.807, 2.05) is 77.7 Å². The Morgan fingerprint density at radius 2 is 1.12 bits per heavy atom. The molecule has 0 fully saturated rings. The standard InChI is InChI=1S/C23H18N2/c1-18(21-9-5-3-6-10-21)25(19(2)22-11-7-4-8-12-22)23-15-13-20(17-24)14-16-23/h3-16H,1-2H2. The van der Waals surface area contributed by atoms with Crippen LogP contribution in [0.25, 0.3) is 11.4 Å². The van der Waals surface area contributed by atoms with E-state index in [9.17, 15) is 0 Å². The van der Waals surface area contributed by atoms with E-state index in [2.05, 4.69) is 19.2 Å². The third kappa shape index (κ3) is 3.52. The molecule has 0 heterocycles. The lowest BCUT2D eigenvalue weighted by molar-refractivity contribution is 1.31. The maximum Gasteiger partial charge on any atom is 0.0991 e. The first-order chi connectivity index (χ1) is 12.2. The van der Waals surface area contributed by atoms with Crippen LogP contribution in [-0.4, -0.2) is 0 Å². The normalized spacial score (nSPS) is 9.88. The summed E-state index contributed by atoms with van der Waals surface area (Å²) in [5.74, 6) is 0. The Morgan fingerprint density at radius 1 is 0.680 bits per heavy atom. The third-order valence-corrected chi connectivity index (χ3v) is 4.01. The second-order valence-electron chi connectivity index (χ2n) is 5.62. The molecule has 2 heteroatoms. The lowest BCUT2D eigenvalue weighted by Crippen LogP contribution is -2.18. The average molecular weight is 322 g/mol. The SMILES string of the molecule is C=C(c1ccccc1)N(C(=C)c1ccccc1)c1ccc(C#N)cc1.